The molecule has 3 aliphatic heterocycles. The van der Waals surface area contributed by atoms with Gasteiger partial charge < -0.3 is 19.3 Å². The van der Waals surface area contributed by atoms with Crippen molar-refractivity contribution in [3.8, 4) is 5.75 Å². The van der Waals surface area contributed by atoms with E-state index in [-0.39, 0.29) is 0 Å². The van der Waals surface area contributed by atoms with Crippen LogP contribution in [0, 0.1) is 0 Å². The largest absolute Gasteiger partial charge is 0.497 e. The Bertz CT molecular complexity index is 666. The summed E-state index contributed by atoms with van der Waals surface area (Å²) in [6.07, 6.45) is 6.88. The minimum absolute atomic E-state index is 0.432. The average molecular weight is 445 g/mol. The van der Waals surface area contributed by atoms with Crippen molar-refractivity contribution in [3.63, 3.8) is 0 Å². The number of nitrogens with zero attached hydrogens (tertiary/aromatic N) is 4. The van der Waals surface area contributed by atoms with Crippen molar-refractivity contribution in [2.24, 2.45) is 0 Å². The van der Waals surface area contributed by atoms with Crippen LogP contribution in [0.3, 0.4) is 0 Å². The standard InChI is InChI=1S/C26H44N4O2/c1-31-20-19-27-15-17-30(18-16-27)26(23-7-6-8-25(21-23)32-2)22-28-13-9-24(10-14-28)29-11-4-3-5-12-29/h6-8,21,24,26H,3-5,9-20,22H2,1-2H3. The highest BCUT2D eigenvalue weighted by Gasteiger charge is 2.30. The number of hydrogen-bond acceptors (Lipinski definition) is 6. The number of benzene rings is 1. The zero-order valence-corrected chi connectivity index (χ0v) is 20.4. The molecule has 4 rings (SSSR count). The molecular formula is C26H44N4O2. The molecule has 3 saturated heterocycles. The lowest BCUT2D eigenvalue weighted by molar-refractivity contribution is 0.0445. The average Bonchev–Trinajstić information content (AvgIpc) is 2.87. The van der Waals surface area contributed by atoms with Gasteiger partial charge in [-0.15, -0.1) is 0 Å². The summed E-state index contributed by atoms with van der Waals surface area (Å²) in [6.45, 7) is 12.6. The second kappa shape index (κ2) is 12.3. The second-order valence-electron chi connectivity index (χ2n) is 9.79. The van der Waals surface area contributed by atoms with Crippen molar-refractivity contribution in [1.29, 1.82) is 0 Å². The fourth-order valence-electron chi connectivity index (χ4n) is 5.79. The maximum absolute atomic E-state index is 5.57. The highest BCUT2D eigenvalue weighted by Crippen LogP contribution is 2.28. The van der Waals surface area contributed by atoms with Crippen molar-refractivity contribution >= 4 is 0 Å². The molecule has 0 N–H and O–H groups in total. The third kappa shape index (κ3) is 6.45. The van der Waals surface area contributed by atoms with Gasteiger partial charge in [-0.2, -0.15) is 0 Å². The fraction of sp³-hybridized carbons (Fsp3) is 0.769. The molecule has 0 amide bonds. The van der Waals surface area contributed by atoms with Gasteiger partial charge >= 0.3 is 0 Å². The van der Waals surface area contributed by atoms with Crippen LogP contribution in [0.5, 0.6) is 5.75 Å². The number of piperidine rings is 2. The molecule has 0 spiro atoms. The summed E-state index contributed by atoms with van der Waals surface area (Å²) in [5.41, 5.74) is 1.40. The van der Waals surface area contributed by atoms with E-state index >= 15 is 0 Å². The molecule has 3 heterocycles. The van der Waals surface area contributed by atoms with Gasteiger partial charge in [-0.05, 0) is 69.6 Å². The molecular weight excluding hydrogens is 400 g/mol. The lowest BCUT2D eigenvalue weighted by Crippen LogP contribution is -2.52. The Morgan fingerprint density at radius 1 is 0.875 bits per heavy atom. The SMILES string of the molecule is COCCN1CCN(C(CN2CCC(N3CCCCC3)CC2)c2cccc(OC)c2)CC1. The van der Waals surface area contributed by atoms with Crippen LogP contribution in [0.2, 0.25) is 0 Å². The van der Waals surface area contributed by atoms with E-state index in [4.69, 9.17) is 9.47 Å². The Kier molecular flexibility index (Phi) is 9.23. The Morgan fingerprint density at radius 2 is 1.62 bits per heavy atom. The third-order valence-corrected chi connectivity index (χ3v) is 7.83. The highest BCUT2D eigenvalue weighted by atomic mass is 16.5. The van der Waals surface area contributed by atoms with Crippen LogP contribution in [-0.4, -0.2) is 112 Å². The van der Waals surface area contributed by atoms with Crippen molar-refractivity contribution in [2.45, 2.75) is 44.2 Å². The van der Waals surface area contributed by atoms with E-state index in [9.17, 15) is 0 Å². The third-order valence-electron chi connectivity index (χ3n) is 7.83. The molecule has 0 aromatic heterocycles. The number of ether oxygens (including phenoxy) is 2. The summed E-state index contributed by atoms with van der Waals surface area (Å²) in [6, 6.07) is 10.0. The topological polar surface area (TPSA) is 31.4 Å². The monoisotopic (exact) mass is 444 g/mol. The molecule has 6 nitrogen and oxygen atoms in total. The summed E-state index contributed by atoms with van der Waals surface area (Å²) >= 11 is 0. The first-order chi connectivity index (χ1) is 15.8. The van der Waals surface area contributed by atoms with Crippen LogP contribution in [0.1, 0.15) is 43.7 Å². The molecule has 32 heavy (non-hydrogen) atoms. The van der Waals surface area contributed by atoms with Crippen LogP contribution in [0.25, 0.3) is 0 Å². The van der Waals surface area contributed by atoms with E-state index in [0.29, 0.717) is 6.04 Å². The van der Waals surface area contributed by atoms with E-state index in [0.717, 1.165) is 57.7 Å². The zero-order chi connectivity index (χ0) is 22.2. The maximum atomic E-state index is 5.57. The van der Waals surface area contributed by atoms with E-state index in [1.165, 1.54) is 63.8 Å². The predicted molar refractivity (Wildman–Crippen MR) is 131 cm³/mol. The van der Waals surface area contributed by atoms with Crippen LogP contribution in [0.15, 0.2) is 24.3 Å². The van der Waals surface area contributed by atoms with Crippen LogP contribution < -0.4 is 4.74 Å². The minimum atomic E-state index is 0.432. The van der Waals surface area contributed by atoms with Gasteiger partial charge in [-0.1, -0.05) is 18.6 Å². The lowest BCUT2D eigenvalue weighted by atomic mass is 9.98. The van der Waals surface area contributed by atoms with Crippen LogP contribution in [-0.2, 0) is 4.74 Å². The van der Waals surface area contributed by atoms with E-state index in [1.54, 1.807) is 14.2 Å². The van der Waals surface area contributed by atoms with Crippen molar-refractivity contribution in [3.05, 3.63) is 29.8 Å². The zero-order valence-electron chi connectivity index (χ0n) is 20.4. The summed E-state index contributed by atoms with van der Waals surface area (Å²) < 4.78 is 10.9. The number of rotatable bonds is 9. The van der Waals surface area contributed by atoms with Gasteiger partial charge in [0.15, 0.2) is 0 Å². The molecule has 1 aromatic rings. The summed E-state index contributed by atoms with van der Waals surface area (Å²) in [5.74, 6) is 0.968. The van der Waals surface area contributed by atoms with Crippen molar-refractivity contribution in [1.82, 2.24) is 19.6 Å². The molecule has 1 aromatic carbocycles. The van der Waals surface area contributed by atoms with Gasteiger partial charge in [-0.3, -0.25) is 9.80 Å². The molecule has 0 saturated carbocycles. The number of hydrogen-bond donors (Lipinski definition) is 0. The number of likely N-dealkylation sites (tertiary alicyclic amines) is 2. The predicted octanol–water partition coefficient (Wildman–Crippen LogP) is 2.95. The molecule has 0 bridgehead atoms. The summed E-state index contributed by atoms with van der Waals surface area (Å²) in [5, 5.41) is 0. The summed E-state index contributed by atoms with van der Waals surface area (Å²) in [4.78, 5) is 10.7. The maximum Gasteiger partial charge on any atom is 0.119 e. The van der Waals surface area contributed by atoms with Crippen molar-refractivity contribution < 1.29 is 9.47 Å². The van der Waals surface area contributed by atoms with Gasteiger partial charge in [0.1, 0.15) is 5.75 Å². The van der Waals surface area contributed by atoms with Crippen LogP contribution >= 0.6 is 0 Å². The highest BCUT2D eigenvalue weighted by molar-refractivity contribution is 5.31. The van der Waals surface area contributed by atoms with Gasteiger partial charge in [0.25, 0.3) is 0 Å². The quantitative estimate of drug-likeness (QED) is 0.582. The Morgan fingerprint density at radius 3 is 2.31 bits per heavy atom. The number of methoxy groups -OCH3 is 2. The van der Waals surface area contributed by atoms with Gasteiger partial charge in [-0.25, -0.2) is 0 Å². The van der Waals surface area contributed by atoms with Gasteiger partial charge in [0, 0.05) is 58.5 Å². The van der Waals surface area contributed by atoms with E-state index < -0.39 is 0 Å². The molecule has 1 atom stereocenters. The van der Waals surface area contributed by atoms with E-state index in [2.05, 4.69) is 43.9 Å². The first-order valence-electron chi connectivity index (χ1n) is 12.8. The normalized spacial score (nSPS) is 23.9. The lowest BCUT2D eigenvalue weighted by Gasteiger charge is -2.44. The molecule has 180 valence electrons. The van der Waals surface area contributed by atoms with Gasteiger partial charge in [0.05, 0.1) is 13.7 Å². The van der Waals surface area contributed by atoms with E-state index in [1.807, 2.05) is 0 Å². The molecule has 0 aliphatic carbocycles. The molecule has 0 radical (unpaired) electrons. The smallest absolute Gasteiger partial charge is 0.119 e. The fourth-order valence-corrected chi connectivity index (χ4v) is 5.79. The Labute approximate surface area is 195 Å². The Balaban J connectivity index is 1.37. The van der Waals surface area contributed by atoms with Gasteiger partial charge in [0.2, 0.25) is 0 Å². The Hall–Kier alpha value is -1.18. The van der Waals surface area contributed by atoms with Crippen LogP contribution in [0.4, 0.5) is 0 Å². The second-order valence-corrected chi connectivity index (χ2v) is 9.79. The summed E-state index contributed by atoms with van der Waals surface area (Å²) in [7, 11) is 3.57. The molecule has 1 unspecified atom stereocenters. The minimum Gasteiger partial charge on any atom is -0.497 e. The number of piperazine rings is 1. The first-order valence-corrected chi connectivity index (χ1v) is 12.8. The first kappa shape index (κ1) is 24.0. The molecule has 3 aliphatic rings. The molecule has 6 heteroatoms. The molecule has 3 fully saturated rings. The van der Waals surface area contributed by atoms with Crippen molar-refractivity contribution in [2.75, 3.05) is 86.3 Å².